The largest absolute Gasteiger partial charge is 1.00 e. The first-order chi connectivity index (χ1) is 3.71. The molecule has 0 spiro atoms. The van der Waals surface area contributed by atoms with E-state index in [1.165, 1.54) is 0 Å². The zero-order chi connectivity index (χ0) is 7.71. The summed E-state index contributed by atoms with van der Waals surface area (Å²) in [6.07, 6.45) is 0. The molecular formula is H7KNa2O7P2. The fraction of sp³-hybridized carbons (Fsp3) is 0. The summed E-state index contributed by atoms with van der Waals surface area (Å²) in [4.78, 5) is 31.0. The van der Waals surface area contributed by atoms with Gasteiger partial charge in [0.1, 0.15) is 0 Å². The van der Waals surface area contributed by atoms with E-state index in [-0.39, 0.29) is 115 Å². The van der Waals surface area contributed by atoms with E-state index in [2.05, 4.69) is 4.31 Å². The maximum Gasteiger partial charge on any atom is 1.00 e. The van der Waals surface area contributed by atoms with Gasteiger partial charge in [-0.3, -0.25) is 0 Å². The molecule has 12 heteroatoms. The third-order valence-electron chi connectivity index (χ3n) is 0.213. The molecule has 0 aliphatic rings. The van der Waals surface area contributed by atoms with Gasteiger partial charge in [0, 0.05) is 0 Å². The molecule has 0 fully saturated rings. The average molecular weight is 266 g/mol. The van der Waals surface area contributed by atoms with Crippen molar-refractivity contribution in [1.82, 2.24) is 0 Å². The van der Waals surface area contributed by atoms with E-state index in [1.807, 2.05) is 0 Å². The maximum absolute atomic E-state index is 9.63. The van der Waals surface area contributed by atoms with Crippen LogP contribution in [0.5, 0.6) is 0 Å². The predicted molar refractivity (Wildman–Crippen MR) is 28.5 cm³/mol. The second-order valence-electron chi connectivity index (χ2n) is 1.06. The molecule has 0 aliphatic heterocycles. The van der Waals surface area contributed by atoms with Gasteiger partial charge in [-0.15, -0.1) is 0 Å². The Morgan fingerprint density at radius 2 is 1.08 bits per heavy atom. The van der Waals surface area contributed by atoms with Crippen molar-refractivity contribution < 1.29 is 148 Å². The molecule has 0 unspecified atom stereocenters. The molecule has 0 radical (unpaired) electrons. The Kier molecular flexibility index (Phi) is 20.9. The van der Waals surface area contributed by atoms with Crippen LogP contribution in [0.2, 0.25) is 0 Å². The number of hydrogen-bond donors (Lipinski definition) is 4. The topological polar surface area (TPSA) is 124 Å². The normalized spacial score (nSPS) is 10.3. The molecule has 0 rings (SSSR count). The van der Waals surface area contributed by atoms with Crippen LogP contribution in [0.4, 0.5) is 0 Å². The molecular weight excluding hydrogens is 259 g/mol. The van der Waals surface area contributed by atoms with E-state index >= 15 is 0 Å². The first-order valence-corrected chi connectivity index (χ1v) is 4.59. The summed E-state index contributed by atoms with van der Waals surface area (Å²) in [6.45, 7) is 0. The van der Waals surface area contributed by atoms with Gasteiger partial charge in [0.2, 0.25) is 0 Å². The molecule has 0 aromatic rings. The molecule has 0 heterocycles. The van der Waals surface area contributed by atoms with Crippen molar-refractivity contribution in [2.45, 2.75) is 0 Å². The minimum atomic E-state index is -5.05. The average Bonchev–Trinajstić information content (AvgIpc) is 1.14. The van der Waals surface area contributed by atoms with Crippen LogP contribution < -0.4 is 110 Å². The second kappa shape index (κ2) is 10.1. The van der Waals surface area contributed by atoms with Crippen molar-refractivity contribution in [3.8, 4) is 0 Å². The summed E-state index contributed by atoms with van der Waals surface area (Å²) in [5.74, 6) is 0. The van der Waals surface area contributed by atoms with Crippen LogP contribution in [0, 0.1) is 0 Å². The van der Waals surface area contributed by atoms with Gasteiger partial charge >= 0.3 is 126 Å². The van der Waals surface area contributed by atoms with E-state index in [9.17, 15) is 9.13 Å². The number of hydrogen-bond acceptors (Lipinski definition) is 3. The van der Waals surface area contributed by atoms with Crippen molar-refractivity contribution in [3.05, 3.63) is 0 Å². The van der Waals surface area contributed by atoms with Crippen molar-refractivity contribution in [2.75, 3.05) is 0 Å². The number of phosphoric acid groups is 2. The van der Waals surface area contributed by atoms with E-state index < -0.39 is 15.6 Å². The Morgan fingerprint density at radius 3 is 1.08 bits per heavy atom. The molecule has 0 aromatic carbocycles. The third kappa shape index (κ3) is 23.6. The van der Waals surface area contributed by atoms with E-state index in [0.717, 1.165) is 0 Å². The van der Waals surface area contributed by atoms with Gasteiger partial charge in [0.25, 0.3) is 0 Å². The van der Waals surface area contributed by atoms with Crippen molar-refractivity contribution in [1.29, 1.82) is 0 Å². The monoisotopic (exact) mass is 266 g/mol. The van der Waals surface area contributed by atoms with Gasteiger partial charge in [0.15, 0.2) is 0 Å². The van der Waals surface area contributed by atoms with Crippen LogP contribution in [0.15, 0.2) is 0 Å². The number of rotatable bonds is 2. The van der Waals surface area contributed by atoms with Crippen LogP contribution >= 0.6 is 15.6 Å². The minimum Gasteiger partial charge on any atom is -1.00 e. The van der Waals surface area contributed by atoms with E-state index in [4.69, 9.17) is 19.6 Å². The first kappa shape index (κ1) is 24.9. The van der Waals surface area contributed by atoms with E-state index in [1.54, 1.807) is 0 Å². The van der Waals surface area contributed by atoms with Crippen molar-refractivity contribution in [2.24, 2.45) is 0 Å². The van der Waals surface area contributed by atoms with Gasteiger partial charge < -0.3 is 23.9 Å². The van der Waals surface area contributed by atoms with Crippen molar-refractivity contribution >= 4 is 15.6 Å². The summed E-state index contributed by atoms with van der Waals surface area (Å²) in [5, 5.41) is 0. The van der Waals surface area contributed by atoms with Crippen LogP contribution in [-0.2, 0) is 13.4 Å². The maximum atomic E-state index is 9.63. The summed E-state index contributed by atoms with van der Waals surface area (Å²) in [5.41, 5.74) is 0. The first-order valence-electron chi connectivity index (χ1n) is 1.53. The minimum absolute atomic E-state index is 0. The zero-order valence-corrected chi connectivity index (χ0v) is 15.8. The summed E-state index contributed by atoms with van der Waals surface area (Å²) < 4.78 is 22.2. The van der Waals surface area contributed by atoms with Gasteiger partial charge in [-0.25, -0.2) is 9.13 Å². The van der Waals surface area contributed by atoms with Gasteiger partial charge in [-0.05, 0) is 0 Å². The summed E-state index contributed by atoms with van der Waals surface area (Å²) >= 11 is 0. The molecule has 0 aromatic heterocycles. The molecule has 7 nitrogen and oxygen atoms in total. The Hall–Kier alpha value is 3.90. The van der Waals surface area contributed by atoms with Crippen LogP contribution in [0.25, 0.3) is 0 Å². The second-order valence-corrected chi connectivity index (χ2v) is 3.68. The molecule has 0 atom stereocenters. The van der Waals surface area contributed by atoms with Gasteiger partial charge in [0.05, 0.1) is 0 Å². The molecule has 0 saturated carbocycles. The summed E-state index contributed by atoms with van der Waals surface area (Å²) in [7, 11) is -10.1. The molecule has 12 heavy (non-hydrogen) atoms. The Bertz CT molecular complexity index is 171. The van der Waals surface area contributed by atoms with Crippen molar-refractivity contribution in [3.63, 3.8) is 0 Å². The molecule has 62 valence electrons. The quantitative estimate of drug-likeness (QED) is 0.289. The molecule has 4 N–H and O–H groups in total. The predicted octanol–water partition coefficient (Wildman–Crippen LogP) is -9.46. The SMILES string of the molecule is O=P(O)(O)OP(=O)(O)O.[H-].[H-].[H-].[K+].[Na+].[Na+]. The fourth-order valence-electron chi connectivity index (χ4n) is 0.139. The third-order valence-corrected chi connectivity index (χ3v) is 1.91. The van der Waals surface area contributed by atoms with Crippen LogP contribution in [0.3, 0.4) is 0 Å². The Labute approximate surface area is 160 Å². The van der Waals surface area contributed by atoms with Gasteiger partial charge in [-0.1, -0.05) is 0 Å². The Morgan fingerprint density at radius 1 is 0.917 bits per heavy atom. The smallest absolute Gasteiger partial charge is 1.00 e. The zero-order valence-electron chi connectivity index (χ0n) is 9.91. The van der Waals surface area contributed by atoms with Crippen LogP contribution in [-0.4, -0.2) is 19.6 Å². The molecule has 0 aliphatic carbocycles. The molecule has 0 amide bonds. The van der Waals surface area contributed by atoms with E-state index in [0.29, 0.717) is 0 Å². The molecule has 0 saturated heterocycles. The van der Waals surface area contributed by atoms with Crippen LogP contribution in [0.1, 0.15) is 4.28 Å². The Balaban J connectivity index is -0.0000000213. The fourth-order valence-corrected chi connectivity index (χ4v) is 1.25. The standard InChI is InChI=1S/K.2Na.H4O7P2.3H/c;;;1-8(2,3)7-9(4,5)6;;;/h;;;(H2,1,2,3)(H2,4,5,6);;;/q3*+1;;3*-1. The molecule has 0 bridgehead atoms. The van der Waals surface area contributed by atoms with Gasteiger partial charge in [-0.2, -0.15) is 4.31 Å². The summed E-state index contributed by atoms with van der Waals surface area (Å²) in [6, 6.07) is 0.